The van der Waals surface area contributed by atoms with Gasteiger partial charge >= 0.3 is 0 Å². The average Bonchev–Trinajstić information content (AvgIpc) is 1.88. The van der Waals surface area contributed by atoms with Crippen LogP contribution in [-0.4, -0.2) is 16.3 Å². The van der Waals surface area contributed by atoms with Gasteiger partial charge in [0.1, 0.15) is 0 Å². The average molecular weight is 148 g/mol. The molecule has 0 aromatic heterocycles. The lowest BCUT2D eigenvalue weighted by Crippen LogP contribution is -2.14. The van der Waals surface area contributed by atoms with Gasteiger partial charge in [0.2, 0.25) is 0 Å². The van der Waals surface area contributed by atoms with Crippen molar-refractivity contribution >= 4 is 17.3 Å². The second-order valence-corrected chi connectivity index (χ2v) is 2.98. The minimum absolute atomic E-state index is 0.199. The van der Waals surface area contributed by atoms with Crippen LogP contribution in [0.15, 0.2) is 5.16 Å². The van der Waals surface area contributed by atoms with E-state index in [1.807, 2.05) is 0 Å². The van der Waals surface area contributed by atoms with Crippen LogP contribution in [0.25, 0.3) is 0 Å². The SMILES string of the molecule is ON=C1CCCC(Cl)C1. The molecule has 0 amide bonds. The first-order valence-corrected chi connectivity index (χ1v) is 3.60. The van der Waals surface area contributed by atoms with Crippen LogP contribution < -0.4 is 0 Å². The Balaban J connectivity index is 2.41. The predicted molar refractivity (Wildman–Crippen MR) is 37.3 cm³/mol. The number of nitrogens with zero attached hydrogens (tertiary/aromatic N) is 1. The molecule has 1 rings (SSSR count). The second-order valence-electron chi connectivity index (χ2n) is 2.36. The standard InChI is InChI=1S/C6H10ClNO/c7-5-2-1-3-6(4-5)8-9/h5,9H,1-4H2. The van der Waals surface area contributed by atoms with Crippen LogP contribution in [0.2, 0.25) is 0 Å². The molecule has 2 nitrogen and oxygen atoms in total. The first-order chi connectivity index (χ1) is 4.33. The molecule has 1 N–H and O–H groups in total. The van der Waals surface area contributed by atoms with E-state index in [1.54, 1.807) is 0 Å². The fourth-order valence-corrected chi connectivity index (χ4v) is 1.41. The molecule has 0 saturated heterocycles. The van der Waals surface area contributed by atoms with Gasteiger partial charge in [0.25, 0.3) is 0 Å². The highest BCUT2D eigenvalue weighted by atomic mass is 35.5. The van der Waals surface area contributed by atoms with Gasteiger partial charge in [-0.2, -0.15) is 0 Å². The first-order valence-electron chi connectivity index (χ1n) is 3.17. The van der Waals surface area contributed by atoms with Gasteiger partial charge in [-0.15, -0.1) is 11.6 Å². The normalized spacial score (nSPS) is 33.0. The summed E-state index contributed by atoms with van der Waals surface area (Å²) >= 11 is 5.80. The van der Waals surface area contributed by atoms with Gasteiger partial charge in [0, 0.05) is 11.8 Å². The van der Waals surface area contributed by atoms with Gasteiger partial charge in [-0.05, 0) is 19.3 Å². The van der Waals surface area contributed by atoms with Crippen molar-refractivity contribution in [1.29, 1.82) is 0 Å². The molecule has 0 heterocycles. The van der Waals surface area contributed by atoms with Crippen molar-refractivity contribution in [2.75, 3.05) is 0 Å². The lowest BCUT2D eigenvalue weighted by atomic mass is 9.98. The zero-order valence-electron chi connectivity index (χ0n) is 5.18. The molecule has 9 heavy (non-hydrogen) atoms. The molecule has 0 spiro atoms. The van der Waals surface area contributed by atoms with E-state index in [1.165, 1.54) is 0 Å². The fraction of sp³-hybridized carbons (Fsp3) is 0.833. The molecule has 0 bridgehead atoms. The smallest absolute Gasteiger partial charge is 0.0585 e. The van der Waals surface area contributed by atoms with Gasteiger partial charge in [-0.25, -0.2) is 0 Å². The summed E-state index contributed by atoms with van der Waals surface area (Å²) in [4.78, 5) is 0. The molecule has 1 aliphatic rings. The van der Waals surface area contributed by atoms with Crippen molar-refractivity contribution < 1.29 is 5.21 Å². The summed E-state index contributed by atoms with van der Waals surface area (Å²) in [7, 11) is 0. The van der Waals surface area contributed by atoms with E-state index in [0.717, 1.165) is 31.4 Å². The van der Waals surface area contributed by atoms with E-state index in [2.05, 4.69) is 5.16 Å². The van der Waals surface area contributed by atoms with Crippen LogP contribution in [0.5, 0.6) is 0 Å². The third-order valence-electron chi connectivity index (χ3n) is 1.58. The largest absolute Gasteiger partial charge is 0.411 e. The Bertz CT molecular complexity index is 124. The highest BCUT2D eigenvalue weighted by molar-refractivity contribution is 6.22. The second kappa shape index (κ2) is 3.06. The lowest BCUT2D eigenvalue weighted by Gasteiger charge is -2.15. The Morgan fingerprint density at radius 1 is 1.67 bits per heavy atom. The summed E-state index contributed by atoms with van der Waals surface area (Å²) in [6.07, 6.45) is 3.80. The summed E-state index contributed by atoms with van der Waals surface area (Å²) in [6.45, 7) is 0. The first kappa shape index (κ1) is 6.87. The number of alkyl halides is 1. The van der Waals surface area contributed by atoms with Crippen molar-refractivity contribution in [3.63, 3.8) is 0 Å². The number of oxime groups is 1. The van der Waals surface area contributed by atoms with E-state index >= 15 is 0 Å². The number of rotatable bonds is 0. The molecule has 1 aliphatic carbocycles. The van der Waals surface area contributed by atoms with Crippen LogP contribution in [0.1, 0.15) is 25.7 Å². The summed E-state index contributed by atoms with van der Waals surface area (Å²) in [5.41, 5.74) is 0.848. The molecule has 0 aromatic carbocycles. The summed E-state index contributed by atoms with van der Waals surface area (Å²) in [5.74, 6) is 0. The summed E-state index contributed by atoms with van der Waals surface area (Å²) in [6, 6.07) is 0. The quantitative estimate of drug-likeness (QED) is 0.317. The number of hydrogen-bond donors (Lipinski definition) is 1. The predicted octanol–water partition coefficient (Wildman–Crippen LogP) is 2.00. The van der Waals surface area contributed by atoms with Gasteiger partial charge < -0.3 is 5.21 Å². The van der Waals surface area contributed by atoms with E-state index < -0.39 is 0 Å². The Kier molecular flexibility index (Phi) is 2.34. The van der Waals surface area contributed by atoms with Crippen molar-refractivity contribution in [3.05, 3.63) is 0 Å². The molecule has 0 aliphatic heterocycles. The van der Waals surface area contributed by atoms with E-state index in [4.69, 9.17) is 16.8 Å². The highest BCUT2D eigenvalue weighted by Crippen LogP contribution is 2.20. The Morgan fingerprint density at radius 2 is 2.44 bits per heavy atom. The maximum absolute atomic E-state index is 8.34. The van der Waals surface area contributed by atoms with E-state index in [0.29, 0.717) is 0 Å². The number of hydrogen-bond acceptors (Lipinski definition) is 2. The maximum atomic E-state index is 8.34. The molecule has 1 atom stereocenters. The third-order valence-corrected chi connectivity index (χ3v) is 1.95. The summed E-state index contributed by atoms with van der Waals surface area (Å²) < 4.78 is 0. The van der Waals surface area contributed by atoms with Crippen molar-refractivity contribution in [2.45, 2.75) is 31.1 Å². The summed E-state index contributed by atoms with van der Waals surface area (Å²) in [5, 5.41) is 11.7. The minimum atomic E-state index is 0.199. The molecule has 3 heteroatoms. The van der Waals surface area contributed by atoms with Crippen LogP contribution in [0, 0.1) is 0 Å². The monoisotopic (exact) mass is 147 g/mol. The topological polar surface area (TPSA) is 32.6 Å². The van der Waals surface area contributed by atoms with Crippen molar-refractivity contribution in [1.82, 2.24) is 0 Å². The highest BCUT2D eigenvalue weighted by Gasteiger charge is 2.15. The minimum Gasteiger partial charge on any atom is -0.411 e. The lowest BCUT2D eigenvalue weighted by molar-refractivity contribution is 0.314. The van der Waals surface area contributed by atoms with Crippen LogP contribution >= 0.6 is 11.6 Å². The van der Waals surface area contributed by atoms with Crippen molar-refractivity contribution in [2.24, 2.45) is 5.16 Å². The molecule has 0 aromatic rings. The van der Waals surface area contributed by atoms with Crippen molar-refractivity contribution in [3.8, 4) is 0 Å². The van der Waals surface area contributed by atoms with Gasteiger partial charge in [0.15, 0.2) is 0 Å². The van der Waals surface area contributed by atoms with Gasteiger partial charge in [-0.3, -0.25) is 0 Å². The molecule has 1 fully saturated rings. The van der Waals surface area contributed by atoms with E-state index in [9.17, 15) is 0 Å². The third kappa shape index (κ3) is 1.86. The Labute approximate surface area is 59.5 Å². The fourth-order valence-electron chi connectivity index (χ4n) is 1.08. The van der Waals surface area contributed by atoms with Gasteiger partial charge in [-0.1, -0.05) is 5.16 Å². The zero-order chi connectivity index (χ0) is 6.69. The Morgan fingerprint density at radius 3 is 2.89 bits per heavy atom. The molecule has 1 saturated carbocycles. The Hall–Kier alpha value is -0.240. The van der Waals surface area contributed by atoms with Crippen LogP contribution in [0.4, 0.5) is 0 Å². The molecular weight excluding hydrogens is 138 g/mol. The molecule has 52 valence electrons. The van der Waals surface area contributed by atoms with Crippen LogP contribution in [-0.2, 0) is 0 Å². The molecule has 1 unspecified atom stereocenters. The van der Waals surface area contributed by atoms with Gasteiger partial charge in [0.05, 0.1) is 5.71 Å². The zero-order valence-corrected chi connectivity index (χ0v) is 5.93. The number of halogens is 1. The van der Waals surface area contributed by atoms with Crippen LogP contribution in [0.3, 0.4) is 0 Å². The molecular formula is C6H10ClNO. The van der Waals surface area contributed by atoms with E-state index in [-0.39, 0.29) is 5.38 Å². The maximum Gasteiger partial charge on any atom is 0.0585 e. The molecule has 0 radical (unpaired) electrons.